The first-order valence-corrected chi connectivity index (χ1v) is 10.6. The number of hydrogen-bond donors (Lipinski definition) is 2. The molecule has 1 atom stereocenters. The molecule has 0 aromatic heterocycles. The Morgan fingerprint density at radius 2 is 1.76 bits per heavy atom. The summed E-state index contributed by atoms with van der Waals surface area (Å²) < 4.78 is 36.0. The Balaban J connectivity index is 0.000000221. The number of para-hydroxylation sites is 2. The fourth-order valence-electron chi connectivity index (χ4n) is 2.96. The topological polar surface area (TPSA) is 104 Å². The quantitative estimate of drug-likeness (QED) is 0.656. The molecule has 0 fully saturated rings. The van der Waals surface area contributed by atoms with Gasteiger partial charge in [-0.2, -0.15) is 8.42 Å². The van der Waals surface area contributed by atoms with Crippen LogP contribution in [-0.4, -0.2) is 36.8 Å². The van der Waals surface area contributed by atoms with Crippen LogP contribution in [0.4, 0.5) is 10.5 Å². The van der Waals surface area contributed by atoms with Gasteiger partial charge in [-0.25, -0.2) is 4.79 Å². The van der Waals surface area contributed by atoms with Gasteiger partial charge in [0, 0.05) is 5.41 Å². The number of hydrogen-bond acceptors (Lipinski definition) is 4. The summed E-state index contributed by atoms with van der Waals surface area (Å²) in [5.74, 6) is 0.640. The first kappa shape index (κ1) is 22.7. The molecule has 1 aliphatic heterocycles. The molecule has 2 aromatic rings. The lowest BCUT2D eigenvalue weighted by atomic mass is 9.88. The van der Waals surface area contributed by atoms with Gasteiger partial charge in [0.1, 0.15) is 11.9 Å². The zero-order valence-corrected chi connectivity index (χ0v) is 18.0. The van der Waals surface area contributed by atoms with Crippen LogP contribution in [0.2, 0.25) is 0 Å². The molecule has 1 aliphatic rings. The molecule has 0 spiro atoms. The zero-order chi connectivity index (χ0) is 22.0. The molecule has 2 aromatic carbocycles. The Morgan fingerprint density at radius 3 is 2.28 bits per heavy atom. The number of amides is 1. The zero-order valence-electron chi connectivity index (χ0n) is 17.2. The monoisotopic (exact) mass is 421 g/mol. The van der Waals surface area contributed by atoms with Crippen molar-refractivity contribution < 1.29 is 27.6 Å². The van der Waals surface area contributed by atoms with E-state index in [2.05, 4.69) is 0 Å². The van der Waals surface area contributed by atoms with Crippen molar-refractivity contribution >= 4 is 21.9 Å². The molecule has 0 radical (unpaired) electrons. The smallest absolute Gasteiger partial charge is 0.412 e. The lowest BCUT2D eigenvalue weighted by molar-refractivity contribution is 0.0827. The summed E-state index contributed by atoms with van der Waals surface area (Å²) in [6.45, 7) is 10.0. The van der Waals surface area contributed by atoms with Gasteiger partial charge in [0.2, 0.25) is 0 Å². The van der Waals surface area contributed by atoms with Crippen molar-refractivity contribution in [2.24, 2.45) is 5.41 Å². The maximum atomic E-state index is 11.3. The van der Waals surface area contributed by atoms with Crippen molar-refractivity contribution in [1.29, 1.82) is 0 Å². The van der Waals surface area contributed by atoms with Gasteiger partial charge in [-0.15, -0.1) is 0 Å². The molecule has 0 saturated heterocycles. The van der Waals surface area contributed by atoms with Crippen LogP contribution in [0.3, 0.4) is 0 Å². The van der Waals surface area contributed by atoms with Crippen LogP contribution in [0, 0.1) is 19.3 Å². The summed E-state index contributed by atoms with van der Waals surface area (Å²) in [6, 6.07) is 12.0. The molecule has 3 rings (SSSR count). The second kappa shape index (κ2) is 8.42. The van der Waals surface area contributed by atoms with Crippen LogP contribution in [0.5, 0.6) is 5.75 Å². The highest BCUT2D eigenvalue weighted by atomic mass is 32.2. The fourth-order valence-corrected chi connectivity index (χ4v) is 3.66. The lowest BCUT2D eigenvalue weighted by Crippen LogP contribution is -2.48. The normalized spacial score (nSPS) is 16.2. The van der Waals surface area contributed by atoms with Crippen LogP contribution < -0.4 is 9.64 Å². The summed E-state index contributed by atoms with van der Waals surface area (Å²) in [7, 11) is -4.05. The average molecular weight is 422 g/mol. The van der Waals surface area contributed by atoms with E-state index in [0.717, 1.165) is 5.56 Å². The Bertz CT molecular complexity index is 994. The third-order valence-corrected chi connectivity index (χ3v) is 5.59. The molecule has 8 heteroatoms. The molecule has 29 heavy (non-hydrogen) atoms. The number of carbonyl (C=O) groups is 1. The van der Waals surface area contributed by atoms with Crippen molar-refractivity contribution in [3.63, 3.8) is 0 Å². The number of nitrogens with zero attached hydrogens (tertiary/aromatic N) is 1. The van der Waals surface area contributed by atoms with Gasteiger partial charge in [-0.3, -0.25) is 9.45 Å². The van der Waals surface area contributed by atoms with Crippen LogP contribution in [0.1, 0.15) is 31.9 Å². The van der Waals surface area contributed by atoms with Gasteiger partial charge >= 0.3 is 6.09 Å². The molecular formula is C21H27NO6S. The van der Waals surface area contributed by atoms with Crippen LogP contribution >= 0.6 is 0 Å². The second-order valence-electron chi connectivity index (χ2n) is 8.08. The minimum Gasteiger partial charge on any atom is -0.486 e. The lowest BCUT2D eigenvalue weighted by Gasteiger charge is -2.39. The minimum absolute atomic E-state index is 0.0203. The van der Waals surface area contributed by atoms with Crippen LogP contribution in [0.15, 0.2) is 47.4 Å². The number of fused-ring (bicyclic) bond motifs is 1. The van der Waals surface area contributed by atoms with Crippen molar-refractivity contribution in [3.8, 4) is 5.75 Å². The molecule has 158 valence electrons. The van der Waals surface area contributed by atoms with E-state index in [9.17, 15) is 18.3 Å². The molecule has 0 aliphatic carbocycles. The summed E-state index contributed by atoms with van der Waals surface area (Å²) in [6.07, 6.45) is -1.07. The van der Waals surface area contributed by atoms with Crippen molar-refractivity contribution in [1.82, 2.24) is 0 Å². The van der Waals surface area contributed by atoms with E-state index in [1.54, 1.807) is 25.1 Å². The molecule has 0 bridgehead atoms. The van der Waals surface area contributed by atoms with Gasteiger partial charge < -0.3 is 9.84 Å². The molecule has 7 nitrogen and oxygen atoms in total. The molecular weight excluding hydrogens is 394 g/mol. The standard InChI is InChI=1S/C13H17NO3.C8H10O3S/c1-13(2,3)11-8-14(12(15)16)9-6-4-5-7-10(9)17-11;1-6-3-4-8(7(2)5-6)12(9,10)11/h4-7,11H,8H2,1-3H3,(H,15,16);3-5H,1-2H3,(H,9,10,11). The number of aryl methyl sites for hydroxylation is 2. The maximum absolute atomic E-state index is 11.3. The third kappa shape index (κ3) is 5.71. The number of ether oxygens (including phenoxy) is 1. The first-order valence-electron chi connectivity index (χ1n) is 9.11. The van der Waals surface area contributed by atoms with E-state index in [1.165, 1.54) is 11.0 Å². The molecule has 1 heterocycles. The van der Waals surface area contributed by atoms with Gasteiger partial charge in [-0.05, 0) is 37.6 Å². The van der Waals surface area contributed by atoms with Gasteiger partial charge in [0.15, 0.2) is 0 Å². The van der Waals surface area contributed by atoms with Crippen molar-refractivity contribution in [2.75, 3.05) is 11.4 Å². The minimum atomic E-state index is -4.05. The van der Waals surface area contributed by atoms with E-state index in [0.29, 0.717) is 23.5 Å². The van der Waals surface area contributed by atoms with E-state index >= 15 is 0 Å². The first-order chi connectivity index (χ1) is 13.3. The Labute approximate surface area is 171 Å². The van der Waals surface area contributed by atoms with Crippen LogP contribution in [0.25, 0.3) is 0 Å². The predicted octanol–water partition coefficient (Wildman–Crippen LogP) is 4.53. The largest absolute Gasteiger partial charge is 0.486 e. The SMILES string of the molecule is CC(C)(C)C1CN(C(=O)O)c2ccccc2O1.Cc1ccc(S(=O)(=O)O)c(C)c1. The van der Waals surface area contributed by atoms with Crippen molar-refractivity contribution in [3.05, 3.63) is 53.6 Å². The predicted molar refractivity (Wildman–Crippen MR) is 111 cm³/mol. The average Bonchev–Trinajstić information content (AvgIpc) is 2.59. The number of rotatable bonds is 1. The molecule has 1 unspecified atom stereocenters. The summed E-state index contributed by atoms with van der Waals surface area (Å²) in [5, 5.41) is 9.24. The molecule has 0 saturated carbocycles. The second-order valence-corrected chi connectivity index (χ2v) is 9.47. The Hall–Kier alpha value is -2.58. The third-order valence-electron chi connectivity index (χ3n) is 4.58. The van der Waals surface area contributed by atoms with Gasteiger partial charge in [-0.1, -0.05) is 50.6 Å². The van der Waals surface area contributed by atoms with E-state index in [-0.39, 0.29) is 16.4 Å². The maximum Gasteiger partial charge on any atom is 0.412 e. The summed E-state index contributed by atoms with van der Waals surface area (Å²) in [5.41, 5.74) is 2.07. The van der Waals surface area contributed by atoms with E-state index < -0.39 is 16.2 Å². The van der Waals surface area contributed by atoms with Gasteiger partial charge in [0.25, 0.3) is 10.1 Å². The highest BCUT2D eigenvalue weighted by Crippen LogP contribution is 2.37. The van der Waals surface area contributed by atoms with E-state index in [4.69, 9.17) is 9.29 Å². The van der Waals surface area contributed by atoms with Crippen molar-refractivity contribution in [2.45, 2.75) is 45.6 Å². The Morgan fingerprint density at radius 1 is 1.14 bits per heavy atom. The molecule has 1 amide bonds. The number of anilines is 1. The number of benzene rings is 2. The fraction of sp³-hybridized carbons (Fsp3) is 0.381. The number of carboxylic acid groups (broad SMARTS) is 1. The Kier molecular flexibility index (Phi) is 6.60. The van der Waals surface area contributed by atoms with E-state index in [1.807, 2.05) is 45.9 Å². The summed E-state index contributed by atoms with van der Waals surface area (Å²) in [4.78, 5) is 12.6. The van der Waals surface area contributed by atoms with Crippen LogP contribution in [-0.2, 0) is 10.1 Å². The highest BCUT2D eigenvalue weighted by molar-refractivity contribution is 7.85. The van der Waals surface area contributed by atoms with Gasteiger partial charge in [0.05, 0.1) is 17.1 Å². The summed E-state index contributed by atoms with van der Waals surface area (Å²) >= 11 is 0. The molecule has 2 N–H and O–H groups in total. The highest BCUT2D eigenvalue weighted by Gasteiger charge is 2.36.